The van der Waals surface area contributed by atoms with Gasteiger partial charge in [0.1, 0.15) is 18.5 Å². The first-order chi connectivity index (χ1) is 12.6. The average molecular weight is 356 g/mol. The first kappa shape index (κ1) is 20.0. The molecule has 2 aromatic carbocycles. The molecule has 26 heavy (non-hydrogen) atoms. The molecule has 0 heterocycles. The predicted octanol–water partition coefficient (Wildman–Crippen LogP) is 4.87. The third-order valence-corrected chi connectivity index (χ3v) is 4.10. The van der Waals surface area contributed by atoms with E-state index in [4.69, 9.17) is 14.2 Å². The van der Waals surface area contributed by atoms with Crippen molar-refractivity contribution in [1.82, 2.24) is 0 Å². The summed E-state index contributed by atoms with van der Waals surface area (Å²) >= 11 is 0. The van der Waals surface area contributed by atoms with Gasteiger partial charge >= 0.3 is 5.97 Å². The molecule has 4 nitrogen and oxygen atoms in total. The number of carbonyl (C=O) groups is 1. The zero-order chi connectivity index (χ0) is 18.8. The van der Waals surface area contributed by atoms with Crippen LogP contribution in [-0.4, -0.2) is 25.3 Å². The van der Waals surface area contributed by atoms with E-state index in [1.807, 2.05) is 37.3 Å². The first-order valence-corrected chi connectivity index (χ1v) is 9.14. The smallest absolute Gasteiger partial charge is 0.338 e. The Labute approximate surface area is 156 Å². The van der Waals surface area contributed by atoms with Crippen LogP contribution in [0.15, 0.2) is 54.6 Å². The standard InChI is InChI=1S/C22H28O4/c1-4-17(2)14-24-15-18(3)26-22(23)20-10-12-21(13-11-20)25-16-19-8-6-5-7-9-19/h5-13,17-18H,4,14-16H2,1-3H3/t17-,18-/m0/s1. The average Bonchev–Trinajstić information content (AvgIpc) is 2.67. The van der Waals surface area contributed by atoms with E-state index in [-0.39, 0.29) is 12.1 Å². The van der Waals surface area contributed by atoms with Crippen LogP contribution >= 0.6 is 0 Å². The molecule has 0 aromatic heterocycles. The topological polar surface area (TPSA) is 44.8 Å². The molecule has 0 saturated heterocycles. The van der Waals surface area contributed by atoms with Gasteiger partial charge in [-0.3, -0.25) is 0 Å². The van der Waals surface area contributed by atoms with E-state index in [2.05, 4.69) is 13.8 Å². The fourth-order valence-electron chi connectivity index (χ4n) is 2.27. The predicted molar refractivity (Wildman–Crippen MR) is 102 cm³/mol. The van der Waals surface area contributed by atoms with Crippen molar-refractivity contribution >= 4 is 5.97 Å². The molecule has 2 atom stereocenters. The lowest BCUT2D eigenvalue weighted by atomic mass is 10.1. The van der Waals surface area contributed by atoms with Gasteiger partial charge in [-0.15, -0.1) is 0 Å². The Morgan fingerprint density at radius 1 is 0.962 bits per heavy atom. The monoisotopic (exact) mass is 356 g/mol. The third kappa shape index (κ3) is 6.89. The number of ether oxygens (including phenoxy) is 3. The molecular formula is C22H28O4. The first-order valence-electron chi connectivity index (χ1n) is 9.14. The molecule has 2 aromatic rings. The van der Waals surface area contributed by atoms with E-state index in [0.29, 0.717) is 31.3 Å². The molecule has 0 N–H and O–H groups in total. The summed E-state index contributed by atoms with van der Waals surface area (Å²) in [5, 5.41) is 0. The normalized spacial score (nSPS) is 13.0. The molecule has 0 fully saturated rings. The van der Waals surface area contributed by atoms with E-state index in [0.717, 1.165) is 17.7 Å². The largest absolute Gasteiger partial charge is 0.489 e. The molecule has 0 aliphatic rings. The van der Waals surface area contributed by atoms with E-state index in [1.54, 1.807) is 24.3 Å². The number of benzene rings is 2. The van der Waals surface area contributed by atoms with Crippen molar-refractivity contribution < 1.29 is 19.0 Å². The van der Waals surface area contributed by atoms with Crippen molar-refractivity contribution in [2.24, 2.45) is 5.92 Å². The van der Waals surface area contributed by atoms with Crippen molar-refractivity contribution in [3.63, 3.8) is 0 Å². The van der Waals surface area contributed by atoms with Gasteiger partial charge in [-0.05, 0) is 42.7 Å². The Bertz CT molecular complexity index is 652. The van der Waals surface area contributed by atoms with Crippen LogP contribution in [0.5, 0.6) is 5.75 Å². The van der Waals surface area contributed by atoms with Gasteiger partial charge in [-0.25, -0.2) is 4.79 Å². The van der Waals surface area contributed by atoms with Crippen molar-refractivity contribution in [2.45, 2.75) is 39.9 Å². The molecule has 2 rings (SSSR count). The van der Waals surface area contributed by atoms with Gasteiger partial charge in [-0.2, -0.15) is 0 Å². The molecule has 0 spiro atoms. The maximum Gasteiger partial charge on any atom is 0.338 e. The second-order valence-electron chi connectivity index (χ2n) is 6.57. The lowest BCUT2D eigenvalue weighted by Crippen LogP contribution is -2.21. The molecule has 140 valence electrons. The Hall–Kier alpha value is -2.33. The number of hydrogen-bond donors (Lipinski definition) is 0. The molecule has 0 saturated carbocycles. The third-order valence-electron chi connectivity index (χ3n) is 4.10. The Balaban J connectivity index is 1.77. The summed E-state index contributed by atoms with van der Waals surface area (Å²) in [7, 11) is 0. The van der Waals surface area contributed by atoms with Crippen LogP contribution in [-0.2, 0) is 16.1 Å². The zero-order valence-electron chi connectivity index (χ0n) is 15.8. The second-order valence-corrected chi connectivity index (χ2v) is 6.57. The van der Waals surface area contributed by atoms with Crippen LogP contribution < -0.4 is 4.74 Å². The summed E-state index contributed by atoms with van der Waals surface area (Å²) in [5.41, 5.74) is 1.60. The SMILES string of the molecule is CC[C@H](C)COC[C@H](C)OC(=O)c1ccc(OCc2ccccc2)cc1. The molecular weight excluding hydrogens is 328 g/mol. The van der Waals surface area contributed by atoms with Crippen molar-refractivity contribution in [2.75, 3.05) is 13.2 Å². The maximum absolute atomic E-state index is 12.2. The summed E-state index contributed by atoms with van der Waals surface area (Å²) in [6.07, 6.45) is 0.799. The van der Waals surface area contributed by atoms with E-state index in [1.165, 1.54) is 0 Å². The lowest BCUT2D eigenvalue weighted by molar-refractivity contribution is -0.00372. The Morgan fingerprint density at radius 3 is 2.31 bits per heavy atom. The van der Waals surface area contributed by atoms with Crippen LogP contribution in [0, 0.1) is 5.92 Å². The van der Waals surface area contributed by atoms with Crippen molar-refractivity contribution in [3.05, 3.63) is 65.7 Å². The highest BCUT2D eigenvalue weighted by Crippen LogP contribution is 2.15. The minimum atomic E-state index is -0.348. The van der Waals surface area contributed by atoms with Gasteiger partial charge in [0.2, 0.25) is 0 Å². The molecule has 0 aliphatic carbocycles. The number of rotatable bonds is 10. The van der Waals surface area contributed by atoms with Gasteiger partial charge in [-0.1, -0.05) is 50.6 Å². The molecule has 0 aliphatic heterocycles. The fourth-order valence-corrected chi connectivity index (χ4v) is 2.27. The van der Waals surface area contributed by atoms with E-state index >= 15 is 0 Å². The highest BCUT2D eigenvalue weighted by Gasteiger charge is 2.13. The molecule has 0 unspecified atom stereocenters. The quantitative estimate of drug-likeness (QED) is 0.570. The Morgan fingerprint density at radius 2 is 1.65 bits per heavy atom. The zero-order valence-corrected chi connectivity index (χ0v) is 15.8. The van der Waals surface area contributed by atoms with Gasteiger partial charge in [0.05, 0.1) is 12.2 Å². The van der Waals surface area contributed by atoms with Crippen molar-refractivity contribution in [1.29, 1.82) is 0 Å². The van der Waals surface area contributed by atoms with E-state index < -0.39 is 0 Å². The van der Waals surface area contributed by atoms with Crippen molar-refractivity contribution in [3.8, 4) is 5.75 Å². The second kappa shape index (κ2) is 10.6. The molecule has 0 bridgehead atoms. The van der Waals surface area contributed by atoms with Gasteiger partial charge in [0.25, 0.3) is 0 Å². The maximum atomic E-state index is 12.2. The molecule has 0 radical (unpaired) electrons. The minimum absolute atomic E-state index is 0.277. The summed E-state index contributed by atoms with van der Waals surface area (Å²) in [6.45, 7) is 7.70. The summed E-state index contributed by atoms with van der Waals surface area (Å²) in [6, 6.07) is 16.9. The number of hydrogen-bond acceptors (Lipinski definition) is 4. The van der Waals surface area contributed by atoms with Crippen LogP contribution in [0.1, 0.15) is 43.1 Å². The minimum Gasteiger partial charge on any atom is -0.489 e. The molecule has 0 amide bonds. The lowest BCUT2D eigenvalue weighted by Gasteiger charge is -2.15. The van der Waals surface area contributed by atoms with Crippen LogP contribution in [0.3, 0.4) is 0 Å². The summed E-state index contributed by atoms with van der Waals surface area (Å²) in [5.74, 6) is 0.885. The number of esters is 1. The van der Waals surface area contributed by atoms with E-state index in [9.17, 15) is 4.79 Å². The summed E-state index contributed by atoms with van der Waals surface area (Å²) in [4.78, 5) is 12.2. The summed E-state index contributed by atoms with van der Waals surface area (Å²) < 4.78 is 16.7. The fraction of sp³-hybridized carbons (Fsp3) is 0.409. The highest BCUT2D eigenvalue weighted by atomic mass is 16.6. The van der Waals surface area contributed by atoms with Gasteiger partial charge in [0, 0.05) is 6.61 Å². The van der Waals surface area contributed by atoms with Gasteiger partial charge in [0.15, 0.2) is 0 Å². The van der Waals surface area contributed by atoms with Crippen LogP contribution in [0.4, 0.5) is 0 Å². The Kier molecular flexibility index (Phi) is 8.16. The molecule has 4 heteroatoms. The highest BCUT2D eigenvalue weighted by molar-refractivity contribution is 5.89. The van der Waals surface area contributed by atoms with Gasteiger partial charge < -0.3 is 14.2 Å². The number of carbonyl (C=O) groups excluding carboxylic acids is 1. The van der Waals surface area contributed by atoms with Crippen LogP contribution in [0.2, 0.25) is 0 Å². The van der Waals surface area contributed by atoms with Crippen LogP contribution in [0.25, 0.3) is 0 Å².